The van der Waals surface area contributed by atoms with Crippen molar-refractivity contribution in [3.8, 4) is 11.5 Å². The Hall–Kier alpha value is -2.99. The van der Waals surface area contributed by atoms with Crippen molar-refractivity contribution in [3.05, 3.63) is 71.2 Å². The highest BCUT2D eigenvalue weighted by Gasteiger charge is 2.36. The summed E-state index contributed by atoms with van der Waals surface area (Å²) in [4.78, 5) is 26.7. The normalized spacial score (nSPS) is 15.2. The fourth-order valence-electron chi connectivity index (χ4n) is 2.95. The first-order valence-electron chi connectivity index (χ1n) is 8.86. The molecule has 1 fully saturated rings. The van der Waals surface area contributed by atoms with Gasteiger partial charge >= 0.3 is 0 Å². The molecule has 1 saturated heterocycles. The van der Waals surface area contributed by atoms with Crippen LogP contribution in [0, 0.1) is 0 Å². The smallest absolute Gasteiger partial charge is 0.298 e. The first-order valence-corrected chi connectivity index (χ1v) is 9.68. The number of methoxy groups -OCH3 is 1. The van der Waals surface area contributed by atoms with E-state index in [1.165, 1.54) is 4.90 Å². The van der Waals surface area contributed by atoms with Gasteiger partial charge < -0.3 is 9.47 Å². The molecule has 3 rings (SSSR count). The van der Waals surface area contributed by atoms with Gasteiger partial charge in [0.15, 0.2) is 11.5 Å². The lowest BCUT2D eigenvalue weighted by molar-refractivity contribution is -0.113. The molecule has 2 aromatic rings. The molecule has 144 valence electrons. The second kappa shape index (κ2) is 8.80. The minimum Gasteiger partial charge on any atom is -0.493 e. The molecule has 0 aromatic heterocycles. The molecule has 2 amide bonds. The van der Waals surface area contributed by atoms with Crippen molar-refractivity contribution in [3.63, 3.8) is 0 Å². The number of carbonyl (C=O) groups excluding carboxylic acids is 2. The summed E-state index contributed by atoms with van der Waals surface area (Å²) in [7, 11) is 1.57. The number of amides is 2. The third-order valence-corrected chi connectivity index (χ3v) is 5.00. The molecule has 1 heterocycles. The van der Waals surface area contributed by atoms with E-state index in [4.69, 9.17) is 9.47 Å². The van der Waals surface area contributed by atoms with Gasteiger partial charge in [0.1, 0.15) is 0 Å². The number of anilines is 1. The highest BCUT2D eigenvalue weighted by Crippen LogP contribution is 2.38. The van der Waals surface area contributed by atoms with E-state index in [0.717, 1.165) is 22.9 Å². The molecule has 0 N–H and O–H groups in total. The maximum absolute atomic E-state index is 12.8. The highest BCUT2D eigenvalue weighted by molar-refractivity contribution is 8.19. The molecule has 0 unspecified atom stereocenters. The van der Waals surface area contributed by atoms with Crippen LogP contribution in [0.5, 0.6) is 11.5 Å². The number of allylic oxidation sites excluding steroid dienone is 1. The van der Waals surface area contributed by atoms with Gasteiger partial charge in [0, 0.05) is 5.56 Å². The minimum absolute atomic E-state index is 0.313. The Balaban J connectivity index is 1.99. The Morgan fingerprint density at radius 2 is 1.93 bits per heavy atom. The zero-order valence-corrected chi connectivity index (χ0v) is 16.6. The second-order valence-corrected chi connectivity index (χ2v) is 6.98. The van der Waals surface area contributed by atoms with Crippen molar-refractivity contribution in [2.75, 3.05) is 18.6 Å². The molecule has 0 saturated carbocycles. The molecule has 0 aliphatic carbocycles. The number of hydrogen-bond acceptors (Lipinski definition) is 5. The van der Waals surface area contributed by atoms with Crippen LogP contribution in [0.3, 0.4) is 0 Å². The standard InChI is InChI=1S/C22H21NO4S/c1-4-9-16-12-15(13-18(26-3)20(16)27-5-2)14-19-21(24)23(22(25)28-19)17-10-7-6-8-11-17/h4,6-8,10-14H,1,5,9H2,2-3H3/b19-14-. The lowest BCUT2D eigenvalue weighted by Gasteiger charge is -2.15. The number of imide groups is 1. The Morgan fingerprint density at radius 3 is 2.57 bits per heavy atom. The van der Waals surface area contributed by atoms with Gasteiger partial charge in [-0.3, -0.25) is 9.59 Å². The molecule has 0 spiro atoms. The number of carbonyl (C=O) groups is 2. The van der Waals surface area contributed by atoms with Gasteiger partial charge in [0.25, 0.3) is 11.1 Å². The van der Waals surface area contributed by atoms with Crippen molar-refractivity contribution < 1.29 is 19.1 Å². The molecule has 0 bridgehead atoms. The van der Waals surface area contributed by atoms with Crippen LogP contribution < -0.4 is 14.4 Å². The highest BCUT2D eigenvalue weighted by atomic mass is 32.2. The average molecular weight is 395 g/mol. The van der Waals surface area contributed by atoms with Gasteiger partial charge in [-0.2, -0.15) is 0 Å². The summed E-state index contributed by atoms with van der Waals surface area (Å²) in [5, 5.41) is -0.313. The molecule has 0 atom stereocenters. The number of ether oxygens (including phenoxy) is 2. The number of nitrogens with zero attached hydrogens (tertiary/aromatic N) is 1. The lowest BCUT2D eigenvalue weighted by Crippen LogP contribution is -2.27. The molecular formula is C22H21NO4S. The Labute approximate surface area is 168 Å². The summed E-state index contributed by atoms with van der Waals surface area (Å²) in [5.74, 6) is 0.911. The molecule has 1 aliphatic rings. The number of benzene rings is 2. The van der Waals surface area contributed by atoms with E-state index >= 15 is 0 Å². The number of hydrogen-bond donors (Lipinski definition) is 0. The van der Waals surface area contributed by atoms with Crippen molar-refractivity contribution >= 4 is 34.7 Å². The van der Waals surface area contributed by atoms with E-state index in [-0.39, 0.29) is 11.1 Å². The topological polar surface area (TPSA) is 55.8 Å². The van der Waals surface area contributed by atoms with Crippen molar-refractivity contribution in [2.24, 2.45) is 0 Å². The minimum atomic E-state index is -0.334. The zero-order valence-electron chi connectivity index (χ0n) is 15.8. The largest absolute Gasteiger partial charge is 0.493 e. The van der Waals surface area contributed by atoms with Crippen LogP contribution in [-0.4, -0.2) is 24.9 Å². The first kappa shape index (κ1) is 19.8. The lowest BCUT2D eigenvalue weighted by atomic mass is 10.0. The van der Waals surface area contributed by atoms with E-state index in [2.05, 4.69) is 6.58 Å². The van der Waals surface area contributed by atoms with Crippen LogP contribution in [0.15, 0.2) is 60.0 Å². The number of thioether (sulfide) groups is 1. The van der Waals surface area contributed by atoms with Crippen LogP contribution in [0.2, 0.25) is 0 Å². The van der Waals surface area contributed by atoms with Gasteiger partial charge in [0.2, 0.25) is 0 Å². The summed E-state index contributed by atoms with van der Waals surface area (Å²) >= 11 is 0.925. The fourth-order valence-corrected chi connectivity index (χ4v) is 3.79. The van der Waals surface area contributed by atoms with Crippen molar-refractivity contribution in [2.45, 2.75) is 13.3 Å². The summed E-state index contributed by atoms with van der Waals surface area (Å²) in [5.41, 5.74) is 2.23. The predicted molar refractivity (Wildman–Crippen MR) is 113 cm³/mol. The van der Waals surface area contributed by atoms with Gasteiger partial charge in [-0.1, -0.05) is 24.3 Å². The van der Waals surface area contributed by atoms with Crippen LogP contribution in [-0.2, 0) is 11.2 Å². The molecule has 0 radical (unpaired) electrons. The van der Waals surface area contributed by atoms with Gasteiger partial charge in [0.05, 0.1) is 24.3 Å². The summed E-state index contributed by atoms with van der Waals surface area (Å²) in [6.45, 7) is 6.21. The first-order chi connectivity index (χ1) is 13.6. The van der Waals surface area contributed by atoms with Crippen molar-refractivity contribution in [1.82, 2.24) is 0 Å². The van der Waals surface area contributed by atoms with E-state index < -0.39 is 0 Å². The van der Waals surface area contributed by atoms with Gasteiger partial charge in [-0.05, 0) is 61.0 Å². The maximum Gasteiger partial charge on any atom is 0.298 e. The van der Waals surface area contributed by atoms with Crippen LogP contribution >= 0.6 is 11.8 Å². The molecular weight excluding hydrogens is 374 g/mol. The molecule has 28 heavy (non-hydrogen) atoms. The third-order valence-electron chi connectivity index (χ3n) is 4.13. The van der Waals surface area contributed by atoms with E-state index in [0.29, 0.717) is 35.1 Å². The van der Waals surface area contributed by atoms with E-state index in [1.54, 1.807) is 49.6 Å². The number of para-hydroxylation sites is 1. The quantitative estimate of drug-likeness (QED) is 0.484. The number of rotatable bonds is 7. The predicted octanol–water partition coefficient (Wildman–Crippen LogP) is 5.06. The van der Waals surface area contributed by atoms with Crippen LogP contribution in [0.1, 0.15) is 18.1 Å². The van der Waals surface area contributed by atoms with E-state index in [1.807, 2.05) is 19.1 Å². The fraction of sp³-hybridized carbons (Fsp3) is 0.182. The summed E-state index contributed by atoms with van der Waals surface area (Å²) in [6, 6.07) is 12.6. The van der Waals surface area contributed by atoms with Crippen LogP contribution in [0.4, 0.5) is 10.5 Å². The zero-order chi connectivity index (χ0) is 20.1. The van der Waals surface area contributed by atoms with Gasteiger partial charge in [-0.15, -0.1) is 6.58 Å². The average Bonchev–Trinajstić information content (AvgIpc) is 2.97. The molecule has 2 aromatic carbocycles. The summed E-state index contributed by atoms with van der Waals surface area (Å²) in [6.07, 6.45) is 4.09. The third kappa shape index (κ3) is 3.97. The SMILES string of the molecule is C=CCc1cc(/C=C2\SC(=O)N(c3ccccc3)C2=O)cc(OC)c1OCC. The Kier molecular flexibility index (Phi) is 6.21. The maximum atomic E-state index is 12.8. The van der Waals surface area contributed by atoms with Crippen LogP contribution in [0.25, 0.3) is 6.08 Å². The molecule has 5 nitrogen and oxygen atoms in total. The Morgan fingerprint density at radius 1 is 1.18 bits per heavy atom. The van der Waals surface area contributed by atoms with Crippen molar-refractivity contribution in [1.29, 1.82) is 0 Å². The second-order valence-electron chi connectivity index (χ2n) is 5.99. The molecule has 1 aliphatic heterocycles. The monoisotopic (exact) mass is 395 g/mol. The van der Waals surface area contributed by atoms with Gasteiger partial charge in [-0.25, -0.2) is 4.90 Å². The Bertz CT molecular complexity index is 937. The van der Waals surface area contributed by atoms with E-state index in [9.17, 15) is 9.59 Å². The molecule has 6 heteroatoms. The summed E-state index contributed by atoms with van der Waals surface area (Å²) < 4.78 is 11.2.